The van der Waals surface area contributed by atoms with Gasteiger partial charge in [-0.1, -0.05) is 29.8 Å². The third-order valence-electron chi connectivity index (χ3n) is 3.45. The Labute approximate surface area is 146 Å². The number of halogens is 1. The highest BCUT2D eigenvalue weighted by atomic mass is 35.5. The maximum Gasteiger partial charge on any atom is 0.323 e. The fourth-order valence-electron chi connectivity index (χ4n) is 2.22. The number of benzene rings is 2. The largest absolute Gasteiger partial charge is 0.491 e. The standard InChI is InChI=1S/C18H20ClNO4/c1-23-17(13-24-16-9-7-14(19)8-10-16)11-20(12-18(21)22)15-5-3-2-4-6-15/h2-10,17H,11-13H2,1H3,(H,21,22). The van der Waals surface area contributed by atoms with Crippen molar-refractivity contribution in [3.63, 3.8) is 0 Å². The molecule has 0 saturated heterocycles. The van der Waals surface area contributed by atoms with Gasteiger partial charge in [0.1, 0.15) is 25.0 Å². The number of aliphatic carboxylic acids is 1. The SMILES string of the molecule is COC(COc1ccc(Cl)cc1)CN(CC(=O)O)c1ccccc1. The Balaban J connectivity index is 1.99. The first-order valence-electron chi connectivity index (χ1n) is 7.51. The lowest BCUT2D eigenvalue weighted by Gasteiger charge is -2.27. The van der Waals surface area contributed by atoms with E-state index in [1.165, 1.54) is 0 Å². The fourth-order valence-corrected chi connectivity index (χ4v) is 2.35. The number of anilines is 1. The highest BCUT2D eigenvalue weighted by Crippen LogP contribution is 2.17. The molecule has 0 aliphatic carbocycles. The number of carbonyl (C=O) groups is 1. The molecule has 0 amide bonds. The zero-order valence-electron chi connectivity index (χ0n) is 13.4. The number of ether oxygens (including phenoxy) is 2. The van der Waals surface area contributed by atoms with Gasteiger partial charge in [0.05, 0.1) is 0 Å². The highest BCUT2D eigenvalue weighted by Gasteiger charge is 2.17. The third-order valence-corrected chi connectivity index (χ3v) is 3.71. The van der Waals surface area contributed by atoms with E-state index in [9.17, 15) is 4.79 Å². The molecule has 24 heavy (non-hydrogen) atoms. The van der Waals surface area contributed by atoms with Gasteiger partial charge in [-0.25, -0.2) is 0 Å². The van der Waals surface area contributed by atoms with Crippen molar-refractivity contribution in [3.8, 4) is 5.75 Å². The molecule has 6 heteroatoms. The topological polar surface area (TPSA) is 59.0 Å². The molecule has 0 aliphatic heterocycles. The van der Waals surface area contributed by atoms with Crippen LogP contribution in [0.25, 0.3) is 0 Å². The van der Waals surface area contributed by atoms with Gasteiger partial charge in [0.2, 0.25) is 0 Å². The molecule has 0 fully saturated rings. The second-order valence-electron chi connectivity index (χ2n) is 5.23. The molecule has 2 rings (SSSR count). The molecule has 2 aromatic rings. The van der Waals surface area contributed by atoms with Gasteiger partial charge in [0.15, 0.2) is 0 Å². The number of nitrogens with zero attached hydrogens (tertiary/aromatic N) is 1. The number of hydrogen-bond acceptors (Lipinski definition) is 4. The van der Waals surface area contributed by atoms with E-state index >= 15 is 0 Å². The Hall–Kier alpha value is -2.24. The van der Waals surface area contributed by atoms with Crippen molar-refractivity contribution >= 4 is 23.3 Å². The van der Waals surface area contributed by atoms with Crippen LogP contribution in [0.1, 0.15) is 0 Å². The Bertz CT molecular complexity index is 633. The first-order valence-corrected chi connectivity index (χ1v) is 7.89. The number of rotatable bonds is 9. The van der Waals surface area contributed by atoms with Crippen LogP contribution < -0.4 is 9.64 Å². The molecule has 0 saturated carbocycles. The average Bonchev–Trinajstić information content (AvgIpc) is 2.59. The molecule has 128 valence electrons. The van der Waals surface area contributed by atoms with Crippen LogP contribution in [0.3, 0.4) is 0 Å². The molecule has 1 unspecified atom stereocenters. The van der Waals surface area contributed by atoms with E-state index in [-0.39, 0.29) is 12.6 Å². The van der Waals surface area contributed by atoms with Gasteiger partial charge < -0.3 is 19.5 Å². The van der Waals surface area contributed by atoms with Crippen LogP contribution in [-0.4, -0.2) is 44.0 Å². The van der Waals surface area contributed by atoms with Crippen LogP contribution in [0, 0.1) is 0 Å². The predicted molar refractivity (Wildman–Crippen MR) is 94.0 cm³/mol. The summed E-state index contributed by atoms with van der Waals surface area (Å²) >= 11 is 5.84. The summed E-state index contributed by atoms with van der Waals surface area (Å²) in [5.41, 5.74) is 0.827. The summed E-state index contributed by atoms with van der Waals surface area (Å²) in [6.07, 6.45) is -0.278. The summed E-state index contributed by atoms with van der Waals surface area (Å²) in [4.78, 5) is 12.9. The summed E-state index contributed by atoms with van der Waals surface area (Å²) in [7, 11) is 1.58. The van der Waals surface area contributed by atoms with E-state index in [0.29, 0.717) is 23.9 Å². The Kier molecular flexibility index (Phi) is 6.90. The maximum absolute atomic E-state index is 11.1. The highest BCUT2D eigenvalue weighted by molar-refractivity contribution is 6.30. The second-order valence-corrected chi connectivity index (χ2v) is 5.67. The van der Waals surface area contributed by atoms with Crippen molar-refractivity contribution in [1.29, 1.82) is 0 Å². The van der Waals surface area contributed by atoms with Gasteiger partial charge >= 0.3 is 5.97 Å². The summed E-state index contributed by atoms with van der Waals surface area (Å²) < 4.78 is 11.1. The fraction of sp³-hybridized carbons (Fsp3) is 0.278. The van der Waals surface area contributed by atoms with Gasteiger partial charge in [-0.3, -0.25) is 4.79 Å². The molecule has 1 atom stereocenters. The predicted octanol–water partition coefficient (Wildman–Crippen LogP) is 3.33. The number of methoxy groups -OCH3 is 1. The maximum atomic E-state index is 11.1. The van der Waals surface area contributed by atoms with Crippen molar-refractivity contribution in [2.45, 2.75) is 6.10 Å². The van der Waals surface area contributed by atoms with Crippen LogP contribution >= 0.6 is 11.6 Å². The minimum atomic E-state index is -0.896. The molecule has 0 heterocycles. The van der Waals surface area contributed by atoms with E-state index in [2.05, 4.69) is 0 Å². The minimum absolute atomic E-state index is 0.106. The summed E-state index contributed by atoms with van der Waals surface area (Å²) in [5, 5.41) is 9.78. The lowest BCUT2D eigenvalue weighted by Crippen LogP contribution is -2.39. The first-order chi connectivity index (χ1) is 11.6. The lowest BCUT2D eigenvalue weighted by molar-refractivity contribution is -0.135. The number of hydrogen-bond donors (Lipinski definition) is 1. The van der Waals surface area contributed by atoms with Crippen molar-refractivity contribution in [1.82, 2.24) is 0 Å². The Morgan fingerprint density at radius 2 is 1.83 bits per heavy atom. The van der Waals surface area contributed by atoms with E-state index in [0.717, 1.165) is 5.69 Å². The van der Waals surface area contributed by atoms with Crippen molar-refractivity contribution < 1.29 is 19.4 Å². The minimum Gasteiger partial charge on any atom is -0.491 e. The van der Waals surface area contributed by atoms with Crippen LogP contribution in [0.15, 0.2) is 54.6 Å². The Morgan fingerprint density at radius 1 is 1.17 bits per heavy atom. The quantitative estimate of drug-likeness (QED) is 0.752. The van der Waals surface area contributed by atoms with Crippen LogP contribution in [0.4, 0.5) is 5.69 Å². The second kappa shape index (κ2) is 9.15. The summed E-state index contributed by atoms with van der Waals surface area (Å²) in [6.45, 7) is 0.603. The molecule has 0 spiro atoms. The van der Waals surface area contributed by atoms with Crippen molar-refractivity contribution in [2.24, 2.45) is 0 Å². The molecule has 1 N–H and O–H groups in total. The van der Waals surface area contributed by atoms with Gasteiger partial charge in [0, 0.05) is 24.4 Å². The molecule has 0 bridgehead atoms. The molecule has 0 radical (unpaired) electrons. The third kappa shape index (κ3) is 5.76. The molecular weight excluding hydrogens is 330 g/mol. The smallest absolute Gasteiger partial charge is 0.323 e. The average molecular weight is 350 g/mol. The zero-order valence-corrected chi connectivity index (χ0v) is 14.1. The van der Waals surface area contributed by atoms with Crippen LogP contribution in [-0.2, 0) is 9.53 Å². The lowest BCUT2D eigenvalue weighted by atomic mass is 10.2. The van der Waals surface area contributed by atoms with Gasteiger partial charge in [-0.2, -0.15) is 0 Å². The van der Waals surface area contributed by atoms with Crippen LogP contribution in [0.2, 0.25) is 5.02 Å². The molecular formula is C18H20ClNO4. The van der Waals surface area contributed by atoms with Crippen LogP contribution in [0.5, 0.6) is 5.75 Å². The summed E-state index contributed by atoms with van der Waals surface area (Å²) in [5.74, 6) is -0.210. The Morgan fingerprint density at radius 3 is 2.42 bits per heavy atom. The van der Waals surface area contributed by atoms with Crippen molar-refractivity contribution in [3.05, 3.63) is 59.6 Å². The van der Waals surface area contributed by atoms with Gasteiger partial charge in [-0.15, -0.1) is 0 Å². The van der Waals surface area contributed by atoms with Gasteiger partial charge in [0.25, 0.3) is 0 Å². The molecule has 0 aliphatic rings. The zero-order chi connectivity index (χ0) is 17.4. The number of carboxylic acid groups (broad SMARTS) is 1. The van der Waals surface area contributed by atoms with E-state index in [1.54, 1.807) is 36.3 Å². The first kappa shape index (κ1) is 18.1. The number of carboxylic acids is 1. The van der Waals surface area contributed by atoms with Gasteiger partial charge in [-0.05, 0) is 36.4 Å². The monoisotopic (exact) mass is 349 g/mol. The van der Waals surface area contributed by atoms with E-state index < -0.39 is 5.97 Å². The molecule has 0 aromatic heterocycles. The van der Waals surface area contributed by atoms with E-state index in [4.69, 9.17) is 26.2 Å². The number of para-hydroxylation sites is 1. The van der Waals surface area contributed by atoms with E-state index in [1.807, 2.05) is 30.3 Å². The normalized spacial score (nSPS) is 11.8. The molecule has 2 aromatic carbocycles. The molecule has 5 nitrogen and oxygen atoms in total. The van der Waals surface area contributed by atoms with Crippen molar-refractivity contribution in [2.75, 3.05) is 31.7 Å². The summed E-state index contributed by atoms with van der Waals surface area (Å²) in [6, 6.07) is 16.4.